The predicted octanol–water partition coefficient (Wildman–Crippen LogP) is 5.01. The maximum atomic E-state index is 13.8. The van der Waals surface area contributed by atoms with Crippen molar-refractivity contribution in [3.8, 4) is 0 Å². The molecule has 0 radical (unpaired) electrons. The van der Waals surface area contributed by atoms with E-state index in [-0.39, 0.29) is 18.1 Å². The summed E-state index contributed by atoms with van der Waals surface area (Å²) in [5, 5.41) is 0. The number of carbonyl (C=O) groups is 1. The molecule has 1 aromatic heterocycles. The molecule has 0 unspecified atom stereocenters. The van der Waals surface area contributed by atoms with E-state index in [4.69, 9.17) is 4.74 Å². The number of imidazole rings is 1. The van der Waals surface area contributed by atoms with Crippen molar-refractivity contribution in [3.63, 3.8) is 0 Å². The SMILES string of the molecule is COC(=O)N1c2ccc3nc(C(F)(F)F)n(Cc4ccccc4)c3c2CC[C@@H]1C. The van der Waals surface area contributed by atoms with Crippen LogP contribution in [0, 0.1) is 0 Å². The third-order valence-corrected chi connectivity index (χ3v) is 5.31. The summed E-state index contributed by atoms with van der Waals surface area (Å²) in [6.45, 7) is 1.93. The maximum absolute atomic E-state index is 13.8. The average Bonchev–Trinajstić information content (AvgIpc) is 3.07. The standard InChI is InChI=1S/C21H20F3N3O2/c1-13-8-9-15-17(27(13)20(28)29-2)11-10-16-18(15)26(19(25-16)21(22,23)24)12-14-6-4-3-5-7-14/h3-7,10-11,13H,8-9,12H2,1-2H3/t13-/m0/s1. The van der Waals surface area contributed by atoms with E-state index in [0.717, 1.165) is 5.56 Å². The van der Waals surface area contributed by atoms with Crippen LogP contribution in [0.1, 0.15) is 30.3 Å². The molecule has 0 saturated heterocycles. The lowest BCUT2D eigenvalue weighted by Crippen LogP contribution is -2.42. The third kappa shape index (κ3) is 3.32. The molecule has 1 amide bonds. The summed E-state index contributed by atoms with van der Waals surface area (Å²) in [6.07, 6.45) is -3.94. The van der Waals surface area contributed by atoms with Crippen LogP contribution in [-0.2, 0) is 23.9 Å². The summed E-state index contributed by atoms with van der Waals surface area (Å²) < 4.78 is 47.4. The molecule has 8 heteroatoms. The van der Waals surface area contributed by atoms with Gasteiger partial charge < -0.3 is 9.30 Å². The molecule has 0 saturated carbocycles. The van der Waals surface area contributed by atoms with Gasteiger partial charge in [-0.25, -0.2) is 9.78 Å². The number of rotatable bonds is 2. The van der Waals surface area contributed by atoms with Gasteiger partial charge in [-0.2, -0.15) is 13.2 Å². The highest BCUT2D eigenvalue weighted by Crippen LogP contribution is 2.39. The molecule has 0 aliphatic carbocycles. The molecule has 3 aromatic rings. The summed E-state index contributed by atoms with van der Waals surface area (Å²) >= 11 is 0. The number of halogens is 3. The average molecular weight is 403 g/mol. The van der Waals surface area contributed by atoms with Gasteiger partial charge in [0.05, 0.1) is 23.8 Å². The Kier molecular flexibility index (Phi) is 4.72. The number of benzene rings is 2. The number of aromatic nitrogens is 2. The predicted molar refractivity (Wildman–Crippen MR) is 103 cm³/mol. The van der Waals surface area contributed by atoms with Gasteiger partial charge in [-0.3, -0.25) is 4.90 Å². The Morgan fingerprint density at radius 1 is 1.21 bits per heavy atom. The highest BCUT2D eigenvalue weighted by Gasteiger charge is 2.39. The normalized spacial score (nSPS) is 16.7. The van der Waals surface area contributed by atoms with Crippen molar-refractivity contribution >= 4 is 22.8 Å². The Hall–Kier alpha value is -3.03. The van der Waals surface area contributed by atoms with Gasteiger partial charge in [-0.1, -0.05) is 30.3 Å². The van der Waals surface area contributed by atoms with E-state index in [1.165, 1.54) is 16.6 Å². The van der Waals surface area contributed by atoms with Crippen LogP contribution in [0.5, 0.6) is 0 Å². The van der Waals surface area contributed by atoms with Crippen molar-refractivity contribution in [1.82, 2.24) is 9.55 Å². The van der Waals surface area contributed by atoms with Crippen LogP contribution in [0.3, 0.4) is 0 Å². The summed E-state index contributed by atoms with van der Waals surface area (Å²) in [5.41, 5.74) is 2.69. The van der Waals surface area contributed by atoms with Crippen LogP contribution in [0.25, 0.3) is 11.0 Å². The molecule has 4 rings (SSSR count). The Labute approximate surface area is 165 Å². The van der Waals surface area contributed by atoms with Crippen molar-refractivity contribution in [3.05, 3.63) is 59.4 Å². The molecule has 2 heterocycles. The first-order valence-corrected chi connectivity index (χ1v) is 9.31. The summed E-state index contributed by atoms with van der Waals surface area (Å²) in [6, 6.07) is 12.0. The number of anilines is 1. The van der Waals surface area contributed by atoms with E-state index in [2.05, 4.69) is 4.98 Å². The summed E-state index contributed by atoms with van der Waals surface area (Å²) in [7, 11) is 1.29. The summed E-state index contributed by atoms with van der Waals surface area (Å²) in [4.78, 5) is 17.7. The van der Waals surface area contributed by atoms with Crippen molar-refractivity contribution in [2.24, 2.45) is 0 Å². The molecule has 0 bridgehead atoms. The fourth-order valence-electron chi connectivity index (χ4n) is 3.99. The van der Waals surface area contributed by atoms with E-state index in [1.807, 2.05) is 13.0 Å². The number of amides is 1. The first kappa shape index (κ1) is 19.3. The lowest BCUT2D eigenvalue weighted by atomic mass is 9.95. The zero-order valence-corrected chi connectivity index (χ0v) is 16.0. The number of methoxy groups -OCH3 is 1. The van der Waals surface area contributed by atoms with E-state index in [9.17, 15) is 18.0 Å². The number of carbonyl (C=O) groups excluding carboxylic acids is 1. The number of fused-ring (bicyclic) bond motifs is 3. The van der Waals surface area contributed by atoms with Crippen LogP contribution >= 0.6 is 0 Å². The molecule has 0 fully saturated rings. The quantitative estimate of drug-likeness (QED) is 0.604. The van der Waals surface area contributed by atoms with E-state index < -0.39 is 18.1 Å². The Bertz CT molecular complexity index is 1060. The second-order valence-corrected chi connectivity index (χ2v) is 7.16. The lowest BCUT2D eigenvalue weighted by Gasteiger charge is -2.34. The van der Waals surface area contributed by atoms with Crippen molar-refractivity contribution in [2.45, 2.75) is 38.5 Å². The topological polar surface area (TPSA) is 47.4 Å². The van der Waals surface area contributed by atoms with Crippen LogP contribution in [0.2, 0.25) is 0 Å². The highest BCUT2D eigenvalue weighted by molar-refractivity contribution is 5.95. The number of nitrogens with zero attached hydrogens (tertiary/aromatic N) is 3. The molecule has 1 aliphatic rings. The van der Waals surface area contributed by atoms with Crippen LogP contribution in [0.15, 0.2) is 42.5 Å². The molecule has 0 N–H and O–H groups in total. The Morgan fingerprint density at radius 3 is 2.59 bits per heavy atom. The van der Waals surface area contributed by atoms with Crippen LogP contribution in [0.4, 0.5) is 23.7 Å². The minimum absolute atomic E-state index is 0.0381. The molecule has 29 heavy (non-hydrogen) atoms. The second-order valence-electron chi connectivity index (χ2n) is 7.16. The largest absolute Gasteiger partial charge is 0.452 e. The Balaban J connectivity index is 1.96. The monoisotopic (exact) mass is 403 g/mol. The van der Waals surface area contributed by atoms with E-state index in [0.29, 0.717) is 29.6 Å². The van der Waals surface area contributed by atoms with Gasteiger partial charge in [0.25, 0.3) is 0 Å². The van der Waals surface area contributed by atoms with Gasteiger partial charge in [0.15, 0.2) is 0 Å². The molecular formula is C21H20F3N3O2. The van der Waals surface area contributed by atoms with Gasteiger partial charge in [-0.05, 0) is 37.5 Å². The molecule has 0 spiro atoms. The van der Waals surface area contributed by atoms with Gasteiger partial charge in [0, 0.05) is 18.2 Å². The Morgan fingerprint density at radius 2 is 1.93 bits per heavy atom. The zero-order chi connectivity index (χ0) is 20.8. The van der Waals surface area contributed by atoms with Gasteiger partial charge in [0.1, 0.15) is 0 Å². The molecular weight excluding hydrogens is 383 g/mol. The van der Waals surface area contributed by atoms with Gasteiger partial charge in [0.2, 0.25) is 5.82 Å². The minimum atomic E-state index is -4.59. The van der Waals surface area contributed by atoms with Crippen LogP contribution in [-0.4, -0.2) is 28.8 Å². The minimum Gasteiger partial charge on any atom is -0.452 e. The van der Waals surface area contributed by atoms with Gasteiger partial charge in [-0.15, -0.1) is 0 Å². The first-order valence-electron chi connectivity index (χ1n) is 9.31. The van der Waals surface area contributed by atoms with Crippen LogP contribution < -0.4 is 4.90 Å². The number of hydrogen-bond acceptors (Lipinski definition) is 3. The number of alkyl halides is 3. The van der Waals surface area contributed by atoms with Crippen molar-refractivity contribution < 1.29 is 22.7 Å². The lowest BCUT2D eigenvalue weighted by molar-refractivity contribution is -0.146. The number of ether oxygens (including phenoxy) is 1. The molecule has 2 aromatic carbocycles. The molecule has 1 atom stereocenters. The summed E-state index contributed by atoms with van der Waals surface area (Å²) in [5.74, 6) is -0.937. The second kappa shape index (κ2) is 7.09. The first-order chi connectivity index (χ1) is 13.8. The fraction of sp³-hybridized carbons (Fsp3) is 0.333. The number of aryl methyl sites for hydroxylation is 1. The molecule has 152 valence electrons. The highest BCUT2D eigenvalue weighted by atomic mass is 19.4. The van der Waals surface area contributed by atoms with E-state index in [1.54, 1.807) is 36.4 Å². The maximum Gasteiger partial charge on any atom is 0.449 e. The fourth-order valence-corrected chi connectivity index (χ4v) is 3.99. The zero-order valence-electron chi connectivity index (χ0n) is 16.0. The molecule has 5 nitrogen and oxygen atoms in total. The van der Waals surface area contributed by atoms with E-state index >= 15 is 0 Å². The van der Waals surface area contributed by atoms with Gasteiger partial charge >= 0.3 is 12.3 Å². The smallest absolute Gasteiger partial charge is 0.449 e. The molecule has 1 aliphatic heterocycles. The third-order valence-electron chi connectivity index (χ3n) is 5.31. The van der Waals surface area contributed by atoms with Crippen molar-refractivity contribution in [2.75, 3.05) is 12.0 Å². The van der Waals surface area contributed by atoms with Crippen molar-refractivity contribution in [1.29, 1.82) is 0 Å². The number of hydrogen-bond donors (Lipinski definition) is 0.